The maximum Gasteiger partial charge on any atom is 0.130 e. The molecule has 2 nitrogen and oxygen atoms in total. The first-order chi connectivity index (χ1) is 5.18. The molecule has 1 aliphatic carbocycles. The largest absolute Gasteiger partial charge is 0.393 e. The van der Waals surface area contributed by atoms with Gasteiger partial charge in [0.15, 0.2) is 0 Å². The number of aliphatic hydroxyl groups is 1. The lowest BCUT2D eigenvalue weighted by atomic mass is 9.84. The van der Waals surface area contributed by atoms with E-state index in [1.165, 1.54) is 0 Å². The van der Waals surface area contributed by atoms with Crippen molar-refractivity contribution in [2.24, 2.45) is 5.92 Å². The average Bonchev–Trinajstić information content (AvgIpc) is 1.85. The van der Waals surface area contributed by atoms with E-state index in [-0.39, 0.29) is 11.9 Å². The molecule has 0 saturated heterocycles. The van der Waals surface area contributed by atoms with Crippen LogP contribution in [0.5, 0.6) is 0 Å². The van der Waals surface area contributed by atoms with Crippen LogP contribution in [0.1, 0.15) is 39.0 Å². The molecule has 2 unspecified atom stereocenters. The second-order valence-corrected chi connectivity index (χ2v) is 3.59. The molecule has 1 fully saturated rings. The molecule has 64 valence electrons. The number of carbonyl (C=O) groups excluding carboxylic acids is 1. The Kier molecular flexibility index (Phi) is 3.06. The third-order valence-electron chi connectivity index (χ3n) is 2.33. The molecule has 1 saturated carbocycles. The van der Waals surface area contributed by atoms with E-state index in [2.05, 4.69) is 0 Å². The minimum atomic E-state index is -0.145. The summed E-state index contributed by atoms with van der Waals surface area (Å²) in [5.41, 5.74) is 0. The zero-order valence-corrected chi connectivity index (χ0v) is 7.05. The number of rotatable bonds is 2. The summed E-state index contributed by atoms with van der Waals surface area (Å²) in [6, 6.07) is 0. The van der Waals surface area contributed by atoms with E-state index in [1.807, 2.05) is 0 Å². The van der Waals surface area contributed by atoms with Gasteiger partial charge >= 0.3 is 0 Å². The van der Waals surface area contributed by atoms with E-state index in [0.29, 0.717) is 12.3 Å². The molecule has 1 aliphatic rings. The molecule has 0 radical (unpaired) electrons. The Morgan fingerprint density at radius 1 is 1.55 bits per heavy atom. The summed E-state index contributed by atoms with van der Waals surface area (Å²) in [4.78, 5) is 10.7. The molecular weight excluding hydrogens is 140 g/mol. The van der Waals surface area contributed by atoms with Gasteiger partial charge in [0.2, 0.25) is 0 Å². The minimum absolute atomic E-state index is 0.145. The summed E-state index contributed by atoms with van der Waals surface area (Å²) in [5.74, 6) is 0.709. The molecule has 0 heterocycles. The van der Waals surface area contributed by atoms with Crippen LogP contribution in [-0.4, -0.2) is 17.0 Å². The predicted molar refractivity (Wildman–Crippen MR) is 43.3 cm³/mol. The summed E-state index contributed by atoms with van der Waals surface area (Å²) < 4.78 is 0. The van der Waals surface area contributed by atoms with E-state index in [1.54, 1.807) is 6.92 Å². The molecule has 0 aromatic rings. The summed E-state index contributed by atoms with van der Waals surface area (Å²) in [6.45, 7) is 1.63. The van der Waals surface area contributed by atoms with Gasteiger partial charge in [0.1, 0.15) is 5.78 Å². The highest BCUT2D eigenvalue weighted by Gasteiger charge is 2.20. The number of hydrogen-bond donors (Lipinski definition) is 1. The second kappa shape index (κ2) is 3.86. The Hall–Kier alpha value is -0.370. The van der Waals surface area contributed by atoms with Gasteiger partial charge in [0.25, 0.3) is 0 Å². The van der Waals surface area contributed by atoms with Crippen LogP contribution in [0.2, 0.25) is 0 Å². The number of carbonyl (C=O) groups is 1. The highest BCUT2D eigenvalue weighted by molar-refractivity contribution is 5.75. The van der Waals surface area contributed by atoms with Crippen LogP contribution < -0.4 is 0 Å². The molecule has 11 heavy (non-hydrogen) atoms. The number of aliphatic hydroxyl groups excluding tert-OH is 1. The molecule has 1 rings (SSSR count). The van der Waals surface area contributed by atoms with Gasteiger partial charge in [-0.3, -0.25) is 0 Å². The van der Waals surface area contributed by atoms with E-state index >= 15 is 0 Å². The smallest absolute Gasteiger partial charge is 0.130 e. The first-order valence-corrected chi connectivity index (χ1v) is 4.36. The average molecular weight is 156 g/mol. The lowest BCUT2D eigenvalue weighted by molar-refractivity contribution is -0.118. The summed E-state index contributed by atoms with van der Waals surface area (Å²) >= 11 is 0. The monoisotopic (exact) mass is 156 g/mol. The Balaban J connectivity index is 2.28. The highest BCUT2D eigenvalue weighted by Crippen LogP contribution is 2.26. The van der Waals surface area contributed by atoms with E-state index in [0.717, 1.165) is 25.7 Å². The van der Waals surface area contributed by atoms with Crippen molar-refractivity contribution in [3.63, 3.8) is 0 Å². The molecular formula is C9H16O2. The van der Waals surface area contributed by atoms with Gasteiger partial charge in [-0.2, -0.15) is 0 Å². The Bertz CT molecular complexity index is 142. The van der Waals surface area contributed by atoms with Crippen molar-refractivity contribution in [3.05, 3.63) is 0 Å². The first kappa shape index (κ1) is 8.72. The minimum Gasteiger partial charge on any atom is -0.393 e. The molecule has 2 heteroatoms. The molecule has 0 aliphatic heterocycles. The Morgan fingerprint density at radius 3 is 2.82 bits per heavy atom. The van der Waals surface area contributed by atoms with E-state index in [4.69, 9.17) is 0 Å². The normalized spacial score (nSPS) is 31.8. The maximum absolute atomic E-state index is 10.7. The summed E-state index contributed by atoms with van der Waals surface area (Å²) in [6.07, 6.45) is 4.48. The molecule has 0 amide bonds. The maximum atomic E-state index is 10.7. The zero-order chi connectivity index (χ0) is 8.27. The fourth-order valence-electron chi connectivity index (χ4n) is 1.85. The number of Topliss-reactive ketones (excluding diaryl/α,β-unsaturated/α-hetero) is 1. The van der Waals surface area contributed by atoms with Crippen LogP contribution in [-0.2, 0) is 4.79 Å². The third-order valence-corrected chi connectivity index (χ3v) is 2.33. The SMILES string of the molecule is CC(=O)CC1CCCC(O)C1. The van der Waals surface area contributed by atoms with Crippen LogP contribution in [0.25, 0.3) is 0 Å². The van der Waals surface area contributed by atoms with Crippen LogP contribution in [0.4, 0.5) is 0 Å². The zero-order valence-electron chi connectivity index (χ0n) is 7.05. The molecule has 2 atom stereocenters. The molecule has 1 N–H and O–H groups in total. The molecule has 0 spiro atoms. The number of hydrogen-bond acceptors (Lipinski definition) is 2. The second-order valence-electron chi connectivity index (χ2n) is 3.59. The van der Waals surface area contributed by atoms with Gasteiger partial charge in [-0.05, 0) is 32.1 Å². The molecule has 0 bridgehead atoms. The first-order valence-electron chi connectivity index (χ1n) is 4.36. The topological polar surface area (TPSA) is 37.3 Å². The van der Waals surface area contributed by atoms with Gasteiger partial charge in [0.05, 0.1) is 6.10 Å². The Labute approximate surface area is 67.6 Å². The predicted octanol–water partition coefficient (Wildman–Crippen LogP) is 1.52. The van der Waals surface area contributed by atoms with Crippen LogP contribution >= 0.6 is 0 Å². The molecule has 0 aromatic heterocycles. The van der Waals surface area contributed by atoms with Crippen molar-refractivity contribution in [1.29, 1.82) is 0 Å². The van der Waals surface area contributed by atoms with Crippen LogP contribution in [0.15, 0.2) is 0 Å². The molecule has 0 aromatic carbocycles. The lowest BCUT2D eigenvalue weighted by Gasteiger charge is -2.24. The number of ketones is 1. The fourth-order valence-corrected chi connectivity index (χ4v) is 1.85. The van der Waals surface area contributed by atoms with Crippen LogP contribution in [0.3, 0.4) is 0 Å². The van der Waals surface area contributed by atoms with Crippen molar-refractivity contribution in [2.45, 2.75) is 45.1 Å². The van der Waals surface area contributed by atoms with E-state index < -0.39 is 0 Å². The van der Waals surface area contributed by atoms with Crippen LogP contribution in [0, 0.1) is 5.92 Å². The standard InChI is InChI=1S/C9H16O2/c1-7(10)5-8-3-2-4-9(11)6-8/h8-9,11H,2-6H2,1H3. The highest BCUT2D eigenvalue weighted by atomic mass is 16.3. The van der Waals surface area contributed by atoms with Gasteiger partial charge in [-0.1, -0.05) is 6.42 Å². The quantitative estimate of drug-likeness (QED) is 0.658. The summed E-state index contributed by atoms with van der Waals surface area (Å²) in [7, 11) is 0. The summed E-state index contributed by atoms with van der Waals surface area (Å²) in [5, 5.41) is 9.28. The van der Waals surface area contributed by atoms with Gasteiger partial charge in [-0.25, -0.2) is 0 Å². The van der Waals surface area contributed by atoms with Crippen molar-refractivity contribution < 1.29 is 9.90 Å². The third kappa shape index (κ3) is 3.02. The van der Waals surface area contributed by atoms with Crippen molar-refractivity contribution in [3.8, 4) is 0 Å². The lowest BCUT2D eigenvalue weighted by Crippen LogP contribution is -2.20. The van der Waals surface area contributed by atoms with Gasteiger partial charge in [0, 0.05) is 6.42 Å². The van der Waals surface area contributed by atoms with Crippen molar-refractivity contribution in [2.75, 3.05) is 0 Å². The van der Waals surface area contributed by atoms with Gasteiger partial charge < -0.3 is 9.90 Å². The van der Waals surface area contributed by atoms with Crippen molar-refractivity contribution in [1.82, 2.24) is 0 Å². The Morgan fingerprint density at radius 2 is 2.27 bits per heavy atom. The van der Waals surface area contributed by atoms with E-state index in [9.17, 15) is 9.90 Å². The fraction of sp³-hybridized carbons (Fsp3) is 0.889. The van der Waals surface area contributed by atoms with Crippen molar-refractivity contribution >= 4 is 5.78 Å². The van der Waals surface area contributed by atoms with Gasteiger partial charge in [-0.15, -0.1) is 0 Å².